The highest BCUT2D eigenvalue weighted by Crippen LogP contribution is 2.22. The number of anilines is 1. The largest absolute Gasteiger partial charge is 0.336 e. The smallest absolute Gasteiger partial charge is 0.280 e. The van der Waals surface area contributed by atoms with Crippen molar-refractivity contribution in [3.05, 3.63) is 87.1 Å². The van der Waals surface area contributed by atoms with Crippen molar-refractivity contribution in [1.82, 2.24) is 14.7 Å². The summed E-state index contributed by atoms with van der Waals surface area (Å²) in [5.74, 6) is -1.25. The van der Waals surface area contributed by atoms with Crippen molar-refractivity contribution >= 4 is 17.5 Å². The summed E-state index contributed by atoms with van der Waals surface area (Å²) < 4.78 is 15.5. The van der Waals surface area contributed by atoms with Gasteiger partial charge in [0.1, 0.15) is 11.5 Å². The third-order valence-corrected chi connectivity index (χ3v) is 6.19. The van der Waals surface area contributed by atoms with Gasteiger partial charge in [0.2, 0.25) is 5.43 Å². The Labute approximate surface area is 197 Å². The molecule has 3 aromatic rings. The Morgan fingerprint density at radius 3 is 2.56 bits per heavy atom. The molecule has 8 heteroatoms. The standard InChI is InChI=1S/C26H27FN4O3/c1-16-14-19(26(34)30-13-7-6-8-17(30)2)11-12-21(16)28-25(33)24-23(32)15-18(3)31(29-24)22-10-5-4-9-20(22)27/h4-5,9-12,14-15,17H,6-8,13H2,1-3H3,(H,28,33). The number of rotatable bonds is 4. The second-order valence-electron chi connectivity index (χ2n) is 8.69. The number of carbonyl (C=O) groups is 2. The zero-order valence-corrected chi connectivity index (χ0v) is 19.5. The van der Waals surface area contributed by atoms with E-state index in [9.17, 15) is 18.8 Å². The summed E-state index contributed by atoms with van der Waals surface area (Å²) >= 11 is 0. The van der Waals surface area contributed by atoms with E-state index in [1.807, 2.05) is 4.90 Å². The van der Waals surface area contributed by atoms with E-state index in [4.69, 9.17) is 0 Å². The van der Waals surface area contributed by atoms with Crippen molar-refractivity contribution in [2.75, 3.05) is 11.9 Å². The van der Waals surface area contributed by atoms with Crippen molar-refractivity contribution in [2.24, 2.45) is 0 Å². The summed E-state index contributed by atoms with van der Waals surface area (Å²) in [6.07, 6.45) is 3.12. The first-order chi connectivity index (χ1) is 16.3. The van der Waals surface area contributed by atoms with Gasteiger partial charge in [-0.1, -0.05) is 12.1 Å². The van der Waals surface area contributed by atoms with Gasteiger partial charge in [0.05, 0.1) is 0 Å². The normalized spacial score (nSPS) is 15.8. The minimum atomic E-state index is -0.707. The third-order valence-electron chi connectivity index (χ3n) is 6.19. The summed E-state index contributed by atoms with van der Waals surface area (Å²) in [7, 11) is 0. The number of likely N-dealkylation sites (tertiary alicyclic amines) is 1. The fraction of sp³-hybridized carbons (Fsp3) is 0.308. The molecule has 4 rings (SSSR count). The van der Waals surface area contributed by atoms with E-state index in [1.165, 1.54) is 22.9 Å². The Hall–Kier alpha value is -3.81. The fourth-order valence-electron chi connectivity index (χ4n) is 4.26. The molecule has 1 unspecified atom stereocenters. The number of carbonyl (C=O) groups excluding carboxylic acids is 2. The van der Waals surface area contributed by atoms with Gasteiger partial charge in [-0.15, -0.1) is 0 Å². The molecule has 0 bridgehead atoms. The second-order valence-corrected chi connectivity index (χ2v) is 8.69. The molecule has 176 valence electrons. The van der Waals surface area contributed by atoms with Gasteiger partial charge in [0.25, 0.3) is 11.8 Å². The van der Waals surface area contributed by atoms with E-state index < -0.39 is 17.2 Å². The number of halogens is 1. The number of hydrogen-bond acceptors (Lipinski definition) is 4. The van der Waals surface area contributed by atoms with Crippen LogP contribution in [0, 0.1) is 19.7 Å². The molecule has 1 N–H and O–H groups in total. The molecule has 2 amide bonds. The lowest BCUT2D eigenvalue weighted by atomic mass is 10.0. The van der Waals surface area contributed by atoms with Gasteiger partial charge in [0, 0.05) is 35.6 Å². The monoisotopic (exact) mass is 462 g/mol. The van der Waals surface area contributed by atoms with E-state index in [-0.39, 0.29) is 23.3 Å². The molecular weight excluding hydrogens is 435 g/mol. The molecule has 1 aliphatic rings. The van der Waals surface area contributed by atoms with Crippen LogP contribution in [-0.4, -0.2) is 39.1 Å². The van der Waals surface area contributed by atoms with Gasteiger partial charge in [0.15, 0.2) is 5.69 Å². The number of benzene rings is 2. The molecule has 34 heavy (non-hydrogen) atoms. The predicted molar refractivity (Wildman–Crippen MR) is 128 cm³/mol. The van der Waals surface area contributed by atoms with Gasteiger partial charge in [-0.2, -0.15) is 5.10 Å². The number of para-hydroxylation sites is 1. The van der Waals surface area contributed by atoms with E-state index in [0.717, 1.165) is 25.8 Å². The number of piperidine rings is 1. The Bertz CT molecular complexity index is 1320. The van der Waals surface area contributed by atoms with E-state index in [0.29, 0.717) is 22.5 Å². The summed E-state index contributed by atoms with van der Waals surface area (Å²) in [4.78, 5) is 40.2. The van der Waals surface area contributed by atoms with Crippen LogP contribution in [-0.2, 0) is 0 Å². The Kier molecular flexibility index (Phi) is 6.58. The van der Waals surface area contributed by atoms with Crippen molar-refractivity contribution in [3.63, 3.8) is 0 Å². The van der Waals surface area contributed by atoms with Crippen LogP contribution in [0.15, 0.2) is 53.3 Å². The first-order valence-corrected chi connectivity index (χ1v) is 11.3. The molecule has 1 fully saturated rings. The zero-order valence-electron chi connectivity index (χ0n) is 19.5. The van der Waals surface area contributed by atoms with Gasteiger partial charge in [-0.25, -0.2) is 9.07 Å². The highest BCUT2D eigenvalue weighted by atomic mass is 19.1. The Morgan fingerprint density at radius 1 is 1.09 bits per heavy atom. The van der Waals surface area contributed by atoms with Crippen LogP contribution in [0.4, 0.5) is 10.1 Å². The Morgan fingerprint density at radius 2 is 1.85 bits per heavy atom. The maximum absolute atomic E-state index is 14.3. The molecular formula is C26H27FN4O3. The topological polar surface area (TPSA) is 84.3 Å². The minimum absolute atomic E-state index is 0.0267. The van der Waals surface area contributed by atoms with Crippen molar-refractivity contribution in [3.8, 4) is 5.69 Å². The molecule has 0 saturated carbocycles. The second kappa shape index (κ2) is 9.59. The van der Waals surface area contributed by atoms with Gasteiger partial charge in [-0.05, 0) is 75.9 Å². The average Bonchev–Trinajstić information content (AvgIpc) is 2.81. The number of amides is 2. The molecule has 2 heterocycles. The van der Waals surface area contributed by atoms with Crippen molar-refractivity contribution < 1.29 is 14.0 Å². The van der Waals surface area contributed by atoms with Crippen LogP contribution in [0.3, 0.4) is 0 Å². The third kappa shape index (κ3) is 4.62. The maximum atomic E-state index is 14.3. The van der Waals surface area contributed by atoms with Gasteiger partial charge < -0.3 is 10.2 Å². The zero-order chi connectivity index (χ0) is 24.4. The lowest BCUT2D eigenvalue weighted by molar-refractivity contribution is 0.0635. The molecule has 1 aromatic heterocycles. The lowest BCUT2D eigenvalue weighted by Gasteiger charge is -2.33. The summed E-state index contributed by atoms with van der Waals surface area (Å²) in [6, 6.07) is 12.5. The van der Waals surface area contributed by atoms with Crippen LogP contribution < -0.4 is 10.7 Å². The summed E-state index contributed by atoms with van der Waals surface area (Å²) in [5, 5.41) is 6.84. The number of aromatic nitrogens is 2. The van der Waals surface area contributed by atoms with Crippen molar-refractivity contribution in [1.29, 1.82) is 0 Å². The maximum Gasteiger partial charge on any atom is 0.280 e. The minimum Gasteiger partial charge on any atom is -0.336 e. The predicted octanol–water partition coefficient (Wildman–Crippen LogP) is 4.26. The average molecular weight is 463 g/mol. The fourth-order valence-corrected chi connectivity index (χ4v) is 4.26. The number of nitrogens with zero attached hydrogens (tertiary/aromatic N) is 3. The van der Waals surface area contributed by atoms with Crippen LogP contribution in [0.2, 0.25) is 0 Å². The van der Waals surface area contributed by atoms with Gasteiger partial charge in [-0.3, -0.25) is 14.4 Å². The van der Waals surface area contributed by atoms with E-state index in [2.05, 4.69) is 17.3 Å². The highest BCUT2D eigenvalue weighted by Gasteiger charge is 2.25. The quantitative estimate of drug-likeness (QED) is 0.628. The van der Waals surface area contributed by atoms with Crippen molar-refractivity contribution in [2.45, 2.75) is 46.1 Å². The molecule has 1 atom stereocenters. The molecule has 0 aliphatic carbocycles. The highest BCUT2D eigenvalue weighted by molar-refractivity contribution is 6.03. The van der Waals surface area contributed by atoms with Gasteiger partial charge >= 0.3 is 0 Å². The first kappa shape index (κ1) is 23.4. The SMILES string of the molecule is Cc1cc(C(=O)N2CCCCC2C)ccc1NC(=O)c1nn(-c2ccccc2F)c(C)cc1=O. The van der Waals surface area contributed by atoms with Crippen LogP contribution in [0.5, 0.6) is 0 Å². The molecule has 1 saturated heterocycles. The first-order valence-electron chi connectivity index (χ1n) is 11.3. The van der Waals surface area contributed by atoms with Crippen LogP contribution >= 0.6 is 0 Å². The van der Waals surface area contributed by atoms with Crippen LogP contribution in [0.1, 0.15) is 58.3 Å². The lowest BCUT2D eigenvalue weighted by Crippen LogP contribution is -2.42. The number of nitrogens with one attached hydrogen (secondary N) is 1. The number of hydrogen-bond donors (Lipinski definition) is 1. The molecule has 1 aliphatic heterocycles. The molecule has 2 aromatic carbocycles. The number of aryl methyl sites for hydroxylation is 2. The molecule has 0 spiro atoms. The van der Waals surface area contributed by atoms with E-state index >= 15 is 0 Å². The summed E-state index contributed by atoms with van der Waals surface area (Å²) in [6.45, 7) is 6.20. The van der Waals surface area contributed by atoms with Crippen LogP contribution in [0.25, 0.3) is 5.69 Å². The molecule has 7 nitrogen and oxygen atoms in total. The molecule has 0 radical (unpaired) electrons. The Balaban J connectivity index is 1.58. The summed E-state index contributed by atoms with van der Waals surface area (Å²) in [5.41, 5.74) is 1.33. The van der Waals surface area contributed by atoms with E-state index in [1.54, 1.807) is 44.2 Å².